The maximum atomic E-state index is 2.39. The highest BCUT2D eigenvalue weighted by Crippen LogP contribution is 2.50. The van der Waals surface area contributed by atoms with Crippen LogP contribution in [0.5, 0.6) is 0 Å². The summed E-state index contributed by atoms with van der Waals surface area (Å²) in [4.78, 5) is 0. The van der Waals surface area contributed by atoms with Gasteiger partial charge in [0, 0.05) is 0 Å². The van der Waals surface area contributed by atoms with Crippen LogP contribution >= 0.6 is 31.7 Å². The summed E-state index contributed by atoms with van der Waals surface area (Å²) in [6.45, 7) is 0. The Kier molecular flexibility index (Phi) is 14.5. The summed E-state index contributed by atoms with van der Waals surface area (Å²) in [6.07, 6.45) is 4.58. The lowest BCUT2D eigenvalue weighted by atomic mass is 9.99. The van der Waals surface area contributed by atoms with Crippen molar-refractivity contribution in [2.24, 2.45) is 11.8 Å². The molecule has 0 fully saturated rings. The average molecular weight is 823 g/mol. The van der Waals surface area contributed by atoms with Crippen molar-refractivity contribution < 1.29 is 0 Å². The van der Waals surface area contributed by atoms with E-state index in [0.717, 1.165) is 24.6 Å². The molecule has 58 heavy (non-hydrogen) atoms. The SMILES string of the molecule is c1ccc(P(CC(CP(c2ccccc2)c2ccccc2)C(CP(c2ccccc2)c2ccccc2)CP(c2ccccc2)c2ccccc2)c2ccccc2)cc1. The molecule has 0 atom stereocenters. The largest absolute Gasteiger partial charge is 0.0622 e. The van der Waals surface area contributed by atoms with Gasteiger partial charge in [-0.05, 0) is 111 Å². The first-order valence-corrected chi connectivity index (χ1v) is 26.4. The minimum atomic E-state index is -0.633. The first-order chi connectivity index (χ1) is 28.8. The van der Waals surface area contributed by atoms with Gasteiger partial charge in [-0.25, -0.2) is 0 Å². The second-order valence-electron chi connectivity index (χ2n) is 14.6. The summed E-state index contributed by atoms with van der Waals surface area (Å²) in [5.74, 6) is 0.904. The van der Waals surface area contributed by atoms with E-state index in [2.05, 4.69) is 243 Å². The molecule has 0 aliphatic heterocycles. The Morgan fingerprint density at radius 3 is 0.431 bits per heavy atom. The van der Waals surface area contributed by atoms with Gasteiger partial charge in [0.05, 0.1) is 0 Å². The summed E-state index contributed by atoms with van der Waals surface area (Å²) in [7, 11) is -2.53. The van der Waals surface area contributed by atoms with E-state index in [1.54, 1.807) is 0 Å². The second kappa shape index (κ2) is 20.9. The van der Waals surface area contributed by atoms with Crippen LogP contribution in [0.1, 0.15) is 0 Å². The fraction of sp³-hybridized carbons (Fsp3) is 0.111. The van der Waals surface area contributed by atoms with Crippen molar-refractivity contribution in [3.05, 3.63) is 243 Å². The van der Waals surface area contributed by atoms with Gasteiger partial charge in [-0.3, -0.25) is 0 Å². The van der Waals surface area contributed by atoms with Crippen LogP contribution in [0.4, 0.5) is 0 Å². The van der Waals surface area contributed by atoms with E-state index in [9.17, 15) is 0 Å². The van der Waals surface area contributed by atoms with Crippen molar-refractivity contribution in [1.82, 2.24) is 0 Å². The van der Waals surface area contributed by atoms with Crippen molar-refractivity contribution in [3.8, 4) is 0 Å². The van der Waals surface area contributed by atoms with Crippen molar-refractivity contribution >= 4 is 74.1 Å². The smallest absolute Gasteiger partial charge is 0.0195 e. The maximum Gasteiger partial charge on any atom is -0.0195 e. The standard InChI is InChI=1S/C54H50P4/c1-9-25-47(26-10-1)55(48-27-11-2-12-28-48)41-45(42-56(49-29-13-3-14-30-49)50-31-15-4-16-32-50)46(43-57(51-33-17-5-18-34-51)52-35-19-6-20-36-52)44-58(53-37-21-7-22-38-53)54-39-23-8-24-40-54/h1-40,45-46H,41-44H2. The third-order valence-electron chi connectivity index (χ3n) is 10.9. The summed E-state index contributed by atoms with van der Waals surface area (Å²) < 4.78 is 0. The van der Waals surface area contributed by atoms with E-state index < -0.39 is 31.7 Å². The minimum absolute atomic E-state index is 0.452. The Morgan fingerprint density at radius 1 is 0.190 bits per heavy atom. The molecule has 0 aliphatic rings. The maximum absolute atomic E-state index is 2.39. The predicted octanol–water partition coefficient (Wildman–Crippen LogP) is 10.8. The molecule has 0 bridgehead atoms. The predicted molar refractivity (Wildman–Crippen MR) is 263 cm³/mol. The van der Waals surface area contributed by atoms with Gasteiger partial charge in [-0.1, -0.05) is 243 Å². The molecule has 8 rings (SSSR count). The Bertz CT molecular complexity index is 1850. The van der Waals surface area contributed by atoms with Crippen molar-refractivity contribution in [2.45, 2.75) is 0 Å². The molecule has 4 heteroatoms. The number of benzene rings is 8. The topological polar surface area (TPSA) is 0 Å². The molecule has 0 N–H and O–H groups in total. The van der Waals surface area contributed by atoms with Crippen LogP contribution < -0.4 is 42.4 Å². The van der Waals surface area contributed by atoms with Crippen LogP contribution in [0, 0.1) is 11.8 Å². The minimum Gasteiger partial charge on any atom is -0.0622 e. The van der Waals surface area contributed by atoms with E-state index >= 15 is 0 Å². The van der Waals surface area contributed by atoms with Crippen LogP contribution in [-0.2, 0) is 0 Å². The lowest BCUT2D eigenvalue weighted by Gasteiger charge is -2.38. The quantitative estimate of drug-likeness (QED) is 0.0803. The highest BCUT2D eigenvalue weighted by molar-refractivity contribution is 7.75. The van der Waals surface area contributed by atoms with Gasteiger partial charge in [0.2, 0.25) is 0 Å². The molecule has 0 spiro atoms. The fourth-order valence-electron chi connectivity index (χ4n) is 7.95. The highest BCUT2D eigenvalue weighted by atomic mass is 31.1. The van der Waals surface area contributed by atoms with Gasteiger partial charge >= 0.3 is 0 Å². The Balaban J connectivity index is 1.32. The Morgan fingerprint density at radius 2 is 0.310 bits per heavy atom. The van der Waals surface area contributed by atoms with E-state index in [1.165, 1.54) is 42.4 Å². The van der Waals surface area contributed by atoms with E-state index in [1.807, 2.05) is 0 Å². The zero-order valence-electron chi connectivity index (χ0n) is 32.9. The third-order valence-corrected chi connectivity index (χ3v) is 21.6. The molecular formula is C54H50P4. The first-order valence-electron chi connectivity index (χ1n) is 20.3. The molecule has 0 unspecified atom stereocenters. The Hall–Kier alpha value is -4.52. The number of rotatable bonds is 17. The average Bonchev–Trinajstić information content (AvgIpc) is 3.31. The van der Waals surface area contributed by atoms with Crippen LogP contribution in [0.25, 0.3) is 0 Å². The Labute approximate surface area is 351 Å². The summed E-state index contributed by atoms with van der Waals surface area (Å²) in [6, 6.07) is 91.6. The molecule has 286 valence electrons. The summed E-state index contributed by atoms with van der Waals surface area (Å²) >= 11 is 0. The van der Waals surface area contributed by atoms with Gasteiger partial charge in [0.1, 0.15) is 0 Å². The normalized spacial score (nSPS) is 11.6. The molecule has 0 radical (unpaired) electrons. The molecule has 8 aromatic rings. The summed E-state index contributed by atoms with van der Waals surface area (Å²) in [5.41, 5.74) is 0. The van der Waals surface area contributed by atoms with E-state index in [0.29, 0.717) is 11.8 Å². The van der Waals surface area contributed by atoms with E-state index in [-0.39, 0.29) is 0 Å². The van der Waals surface area contributed by atoms with Gasteiger partial charge < -0.3 is 0 Å². The fourth-order valence-corrected chi connectivity index (χ4v) is 19.1. The molecule has 0 nitrogen and oxygen atoms in total. The lowest BCUT2D eigenvalue weighted by molar-refractivity contribution is 0.482. The molecule has 0 heterocycles. The van der Waals surface area contributed by atoms with Crippen molar-refractivity contribution in [1.29, 1.82) is 0 Å². The molecular weight excluding hydrogens is 772 g/mol. The van der Waals surface area contributed by atoms with Gasteiger partial charge in [0.15, 0.2) is 0 Å². The monoisotopic (exact) mass is 822 g/mol. The molecule has 0 aromatic heterocycles. The summed E-state index contributed by atoms with van der Waals surface area (Å²) in [5, 5.41) is 11.8. The van der Waals surface area contributed by atoms with Gasteiger partial charge in [-0.15, -0.1) is 0 Å². The molecule has 0 saturated carbocycles. The van der Waals surface area contributed by atoms with E-state index in [4.69, 9.17) is 0 Å². The molecule has 0 amide bonds. The lowest BCUT2D eigenvalue weighted by Crippen LogP contribution is -2.34. The van der Waals surface area contributed by atoms with Crippen molar-refractivity contribution in [3.63, 3.8) is 0 Å². The van der Waals surface area contributed by atoms with Crippen LogP contribution in [0.2, 0.25) is 0 Å². The zero-order valence-corrected chi connectivity index (χ0v) is 36.4. The number of hydrogen-bond donors (Lipinski definition) is 0. The van der Waals surface area contributed by atoms with Gasteiger partial charge in [-0.2, -0.15) is 0 Å². The van der Waals surface area contributed by atoms with Gasteiger partial charge in [0.25, 0.3) is 0 Å². The number of hydrogen-bond acceptors (Lipinski definition) is 0. The van der Waals surface area contributed by atoms with Crippen LogP contribution in [-0.4, -0.2) is 24.6 Å². The third kappa shape index (κ3) is 10.6. The molecule has 0 aliphatic carbocycles. The first kappa shape index (κ1) is 40.3. The molecule has 8 aromatic carbocycles. The molecule has 0 saturated heterocycles. The highest BCUT2D eigenvalue weighted by Gasteiger charge is 2.34. The second-order valence-corrected chi connectivity index (χ2v) is 23.7. The van der Waals surface area contributed by atoms with Crippen LogP contribution in [0.15, 0.2) is 243 Å². The van der Waals surface area contributed by atoms with Crippen molar-refractivity contribution in [2.75, 3.05) is 24.6 Å². The zero-order chi connectivity index (χ0) is 39.2. The van der Waals surface area contributed by atoms with Crippen LogP contribution in [0.3, 0.4) is 0 Å².